The zero-order valence-corrected chi connectivity index (χ0v) is 22.8. The van der Waals surface area contributed by atoms with Crippen LogP contribution in [0.5, 0.6) is 0 Å². The normalized spacial score (nSPS) is 18.4. The van der Waals surface area contributed by atoms with Crippen molar-refractivity contribution in [1.82, 2.24) is 21.1 Å². The number of nitrogens with zero attached hydrogens (tertiary/aromatic N) is 1. The van der Waals surface area contributed by atoms with Gasteiger partial charge in [-0.05, 0) is 37.1 Å². The van der Waals surface area contributed by atoms with Gasteiger partial charge < -0.3 is 15.1 Å². The average molecular weight is 594 g/mol. The molecule has 0 aromatic heterocycles. The topological polar surface area (TPSA) is 208 Å². The summed E-state index contributed by atoms with van der Waals surface area (Å²) < 4.78 is 23.3. The zero-order chi connectivity index (χ0) is 29.6. The van der Waals surface area contributed by atoms with Crippen LogP contribution in [-0.4, -0.2) is 78.2 Å². The molecule has 1 aliphatic rings. The third kappa shape index (κ3) is 7.73. The quantitative estimate of drug-likeness (QED) is 0.116. The van der Waals surface area contributed by atoms with E-state index in [9.17, 15) is 37.8 Å². The third-order valence-electron chi connectivity index (χ3n) is 6.21. The number of carbonyl (C=O) groups excluding carboxylic acids is 3. The lowest BCUT2D eigenvalue weighted by Crippen LogP contribution is -2.52. The van der Waals surface area contributed by atoms with E-state index in [0.29, 0.717) is 5.56 Å². The smallest absolute Gasteiger partial charge is 0.326 e. The van der Waals surface area contributed by atoms with E-state index in [1.54, 1.807) is 36.3 Å². The number of amides is 2. The number of hydrazine groups is 1. The van der Waals surface area contributed by atoms with Gasteiger partial charge in [0.1, 0.15) is 23.1 Å². The van der Waals surface area contributed by atoms with E-state index in [4.69, 9.17) is 16.7 Å². The van der Waals surface area contributed by atoms with Crippen molar-refractivity contribution >= 4 is 50.9 Å². The molecule has 40 heavy (non-hydrogen) atoms. The number of halogens is 1. The van der Waals surface area contributed by atoms with Gasteiger partial charge >= 0.3 is 5.97 Å². The molecule has 1 unspecified atom stereocenters. The Morgan fingerprint density at radius 1 is 1.18 bits per heavy atom. The van der Waals surface area contributed by atoms with Crippen LogP contribution in [0, 0.1) is 0 Å². The maximum Gasteiger partial charge on any atom is 0.326 e. The van der Waals surface area contributed by atoms with Crippen LogP contribution < -0.4 is 21.3 Å². The molecular formula is C25H28ClN5O8S. The highest BCUT2D eigenvalue weighted by Gasteiger charge is 2.41. The molecule has 1 aliphatic heterocycles. The molecule has 0 aliphatic carbocycles. The number of hydrogen-bond donors (Lipinski definition) is 6. The van der Waals surface area contributed by atoms with Crippen LogP contribution in [0.1, 0.15) is 35.7 Å². The van der Waals surface area contributed by atoms with Crippen LogP contribution in [0.3, 0.4) is 0 Å². The maximum absolute atomic E-state index is 13.1. The molecule has 7 N–H and O–H groups in total. The highest BCUT2D eigenvalue weighted by Crippen LogP contribution is 2.22. The lowest BCUT2D eigenvalue weighted by Gasteiger charge is -2.27. The molecule has 1 heterocycles. The van der Waals surface area contributed by atoms with E-state index in [-0.39, 0.29) is 35.5 Å². The summed E-state index contributed by atoms with van der Waals surface area (Å²) >= 11 is 5.84. The largest absolute Gasteiger partial charge is 0.480 e. The van der Waals surface area contributed by atoms with Gasteiger partial charge in [-0.3, -0.25) is 20.3 Å². The van der Waals surface area contributed by atoms with Gasteiger partial charge in [0.25, 0.3) is 5.91 Å². The van der Waals surface area contributed by atoms with Crippen molar-refractivity contribution in [3.8, 4) is 0 Å². The summed E-state index contributed by atoms with van der Waals surface area (Å²) in [7, 11) is -4.18. The van der Waals surface area contributed by atoms with Crippen molar-refractivity contribution < 1.29 is 37.8 Å². The molecular weight excluding hydrogens is 566 g/mol. The van der Waals surface area contributed by atoms with Gasteiger partial charge in [0.2, 0.25) is 15.9 Å². The van der Waals surface area contributed by atoms with Gasteiger partial charge in [0, 0.05) is 30.1 Å². The van der Waals surface area contributed by atoms with Crippen LogP contribution in [0.4, 0.5) is 0 Å². The Morgan fingerprint density at radius 2 is 1.85 bits per heavy atom. The number of hydrogen-bond acceptors (Lipinski definition) is 9. The molecule has 214 valence electrons. The molecule has 15 heteroatoms. The number of aliphatic carboxylic acids is 1. The van der Waals surface area contributed by atoms with E-state index in [1.807, 2.05) is 0 Å². The van der Waals surface area contributed by atoms with Crippen molar-refractivity contribution in [3.05, 3.63) is 64.7 Å². The van der Waals surface area contributed by atoms with Gasteiger partial charge in [0.15, 0.2) is 0 Å². The first-order valence-electron chi connectivity index (χ1n) is 12.0. The highest BCUT2D eigenvalue weighted by molar-refractivity contribution is 7.89. The number of carboxylic acids is 1. The van der Waals surface area contributed by atoms with Crippen molar-refractivity contribution in [3.63, 3.8) is 0 Å². The molecule has 0 spiro atoms. The van der Waals surface area contributed by atoms with Crippen molar-refractivity contribution in [1.29, 1.82) is 0 Å². The Bertz CT molecular complexity index is 1430. The second kappa shape index (κ2) is 13.2. The van der Waals surface area contributed by atoms with Gasteiger partial charge in [-0.2, -0.15) is 0 Å². The van der Waals surface area contributed by atoms with E-state index in [0.717, 1.165) is 11.0 Å². The van der Waals surface area contributed by atoms with Gasteiger partial charge in [-0.15, -0.1) is 0 Å². The molecule has 2 aromatic carbocycles. The van der Waals surface area contributed by atoms with E-state index >= 15 is 0 Å². The number of nitrogens with one attached hydrogen (secondary N) is 3. The summed E-state index contributed by atoms with van der Waals surface area (Å²) in [6.45, 7) is 1.36. The summed E-state index contributed by atoms with van der Waals surface area (Å²) in [5.41, 5.74) is 5.72. The first-order valence-corrected chi connectivity index (χ1v) is 13.9. The molecule has 4 atom stereocenters. The molecule has 1 saturated heterocycles. The molecule has 0 saturated carbocycles. The fourth-order valence-electron chi connectivity index (χ4n) is 4.24. The summed E-state index contributed by atoms with van der Waals surface area (Å²) in [4.78, 5) is 49.6. The van der Waals surface area contributed by atoms with Crippen LogP contribution in [0.15, 0.2) is 53.4 Å². The third-order valence-corrected chi connectivity index (χ3v) is 7.61. The van der Waals surface area contributed by atoms with E-state index in [2.05, 4.69) is 16.2 Å². The maximum atomic E-state index is 13.1. The first-order chi connectivity index (χ1) is 18.8. The minimum absolute atomic E-state index is 0.0499. The lowest BCUT2D eigenvalue weighted by atomic mass is 10.0. The molecule has 13 nitrogen and oxygen atoms in total. The molecule has 2 aromatic rings. The van der Waals surface area contributed by atoms with E-state index < -0.39 is 57.1 Å². The van der Waals surface area contributed by atoms with Crippen molar-refractivity contribution in [2.24, 2.45) is 5.14 Å². The second-order valence-corrected chi connectivity index (χ2v) is 11.1. The van der Waals surface area contributed by atoms with Crippen molar-refractivity contribution in [2.45, 2.75) is 49.0 Å². The summed E-state index contributed by atoms with van der Waals surface area (Å²) in [6, 6.07) is 9.16. The van der Waals surface area contributed by atoms with Crippen LogP contribution >= 0.6 is 11.6 Å². The fraction of sp³-hybridized carbons (Fsp3) is 0.320. The minimum atomic E-state index is -4.18. The molecule has 3 rings (SSSR count). The monoisotopic (exact) mass is 593 g/mol. The minimum Gasteiger partial charge on any atom is -0.480 e. The number of aliphatic hydroxyl groups excluding tert-OH is 1. The predicted molar refractivity (Wildman–Crippen MR) is 144 cm³/mol. The second-order valence-electron chi connectivity index (χ2n) is 9.12. The Morgan fingerprint density at radius 3 is 2.45 bits per heavy atom. The number of rotatable bonds is 11. The summed E-state index contributed by atoms with van der Waals surface area (Å²) in [6.07, 6.45) is -1.48. The number of aliphatic hydroxyl groups is 1. The van der Waals surface area contributed by atoms with Crippen LogP contribution in [-0.2, 0) is 24.4 Å². The number of benzene rings is 2. The first kappa shape index (κ1) is 30.9. The number of carboxylic acid groups (broad SMARTS) is 1. The molecule has 1 fully saturated rings. The fourth-order valence-corrected chi connectivity index (χ4v) is 5.31. The Labute approximate surface area is 235 Å². The Balaban J connectivity index is 1.61. The highest BCUT2D eigenvalue weighted by atomic mass is 35.5. The number of likely N-dealkylation sites (tertiary alicyclic amines) is 1. The lowest BCUT2D eigenvalue weighted by molar-refractivity contribution is -0.149. The molecule has 0 bridgehead atoms. The Kier molecular flexibility index (Phi) is 10.2. The predicted octanol–water partition coefficient (Wildman–Crippen LogP) is -0.122. The number of sulfonamides is 1. The average Bonchev–Trinajstić information content (AvgIpc) is 3.34. The van der Waals surface area contributed by atoms with Gasteiger partial charge in [0.05, 0.1) is 11.1 Å². The van der Waals surface area contributed by atoms with Gasteiger partial charge in [-0.1, -0.05) is 41.9 Å². The van der Waals surface area contributed by atoms with Crippen molar-refractivity contribution in [2.75, 3.05) is 6.54 Å². The van der Waals surface area contributed by atoms with Crippen LogP contribution in [0.25, 0.3) is 5.57 Å². The molecule has 0 radical (unpaired) electrons. The number of nitrogens with two attached hydrogens (primary N) is 1. The summed E-state index contributed by atoms with van der Waals surface area (Å²) in [5.74, 6) is -0.829. The number of carbonyl (C=O) groups is 3. The number of primary sulfonamides is 1. The Hall–Kier alpha value is -3.62. The standard InChI is InChI=1S/C25H28ClN5O8S/c1-14(28-22(33)10-17(13-32)15-5-3-2-4-6-15)24(35)31-12-18(11-20(31)25(36)37)29-30-23(34)16-7-8-19(26)21(9-16)40(27,38)39/h2-9,14,18,20,22,28-29,33H,10-12H2,1H3,(H,30,34)(H,36,37)(H2,27,38,39)/t14-,18?,20-,22-/m0/s1. The zero-order valence-electron chi connectivity index (χ0n) is 21.2. The summed E-state index contributed by atoms with van der Waals surface area (Å²) in [5, 5.41) is 27.7. The van der Waals surface area contributed by atoms with E-state index in [1.165, 1.54) is 19.1 Å². The SMILES string of the molecule is C[C@H](N[C@@H](O)CC(=C=O)c1ccccc1)C(=O)N1CC(NNC(=O)c2ccc(Cl)c(S(N)(=O)=O)c2)C[C@H]1C(=O)O. The van der Waals surface area contributed by atoms with Crippen LogP contribution in [0.2, 0.25) is 5.02 Å². The molecule has 2 amide bonds. The van der Waals surface area contributed by atoms with Gasteiger partial charge in [-0.25, -0.2) is 28.6 Å².